The van der Waals surface area contributed by atoms with Crippen molar-refractivity contribution in [1.29, 1.82) is 0 Å². The lowest BCUT2D eigenvalue weighted by Crippen LogP contribution is -2.44. The van der Waals surface area contributed by atoms with Gasteiger partial charge in [0.15, 0.2) is 0 Å². The van der Waals surface area contributed by atoms with Gasteiger partial charge < -0.3 is 15.1 Å². The van der Waals surface area contributed by atoms with Crippen LogP contribution in [0.15, 0.2) is 35.0 Å². The standard InChI is InChI=1S/C21H24N4O4S/c26-20(15-7-12-30-14-15)22-16-5-10-23(11-6-16)17-3-4-19(25(28)29)18(13-17)21(27)24-8-1-2-9-24/h3-4,7,12-14,16H,1-2,5-6,8-11H2,(H,22,26). The highest BCUT2D eigenvalue weighted by Crippen LogP contribution is 2.29. The van der Waals surface area contributed by atoms with Gasteiger partial charge in [-0.25, -0.2) is 0 Å². The Kier molecular flexibility index (Phi) is 5.98. The first-order valence-electron chi connectivity index (χ1n) is 10.2. The van der Waals surface area contributed by atoms with Gasteiger partial charge in [-0.2, -0.15) is 11.3 Å². The van der Waals surface area contributed by atoms with Crippen molar-refractivity contribution < 1.29 is 14.5 Å². The minimum atomic E-state index is -0.487. The summed E-state index contributed by atoms with van der Waals surface area (Å²) in [5.41, 5.74) is 1.51. The number of nitrogens with zero attached hydrogens (tertiary/aromatic N) is 3. The maximum atomic E-state index is 12.8. The predicted molar refractivity (Wildman–Crippen MR) is 115 cm³/mol. The van der Waals surface area contributed by atoms with Crippen molar-refractivity contribution in [2.24, 2.45) is 0 Å². The van der Waals surface area contributed by atoms with Crippen LogP contribution in [-0.4, -0.2) is 53.9 Å². The lowest BCUT2D eigenvalue weighted by Gasteiger charge is -2.34. The Morgan fingerprint density at radius 3 is 2.47 bits per heavy atom. The van der Waals surface area contributed by atoms with Gasteiger partial charge in [0.25, 0.3) is 17.5 Å². The van der Waals surface area contributed by atoms with Crippen LogP contribution in [0.5, 0.6) is 0 Å². The monoisotopic (exact) mass is 428 g/mol. The molecule has 0 spiro atoms. The van der Waals surface area contributed by atoms with Crippen molar-refractivity contribution in [2.45, 2.75) is 31.7 Å². The zero-order valence-electron chi connectivity index (χ0n) is 16.6. The molecule has 2 aliphatic heterocycles. The van der Waals surface area contributed by atoms with Crippen molar-refractivity contribution in [3.63, 3.8) is 0 Å². The van der Waals surface area contributed by atoms with E-state index in [1.165, 1.54) is 17.4 Å². The number of likely N-dealkylation sites (tertiary alicyclic amines) is 1. The normalized spacial score (nSPS) is 17.2. The quantitative estimate of drug-likeness (QED) is 0.582. The van der Waals surface area contributed by atoms with Gasteiger partial charge in [0.2, 0.25) is 0 Å². The van der Waals surface area contributed by atoms with Crippen LogP contribution in [-0.2, 0) is 0 Å². The fraction of sp³-hybridized carbons (Fsp3) is 0.429. The number of hydrogen-bond acceptors (Lipinski definition) is 6. The molecular formula is C21H24N4O4S. The maximum Gasteiger partial charge on any atom is 0.282 e. The molecule has 4 rings (SSSR count). The summed E-state index contributed by atoms with van der Waals surface area (Å²) in [4.78, 5) is 39.9. The average molecular weight is 429 g/mol. The SMILES string of the molecule is O=C(NC1CCN(c2ccc([N+](=O)[O-])c(C(=O)N3CCCC3)c2)CC1)c1ccsc1. The summed E-state index contributed by atoms with van der Waals surface area (Å²) in [5.74, 6) is -0.317. The molecule has 2 fully saturated rings. The van der Waals surface area contributed by atoms with E-state index in [4.69, 9.17) is 0 Å². The number of amides is 2. The van der Waals surface area contributed by atoms with Gasteiger partial charge in [0.1, 0.15) is 5.56 Å². The van der Waals surface area contributed by atoms with Crippen LogP contribution in [0.2, 0.25) is 0 Å². The fourth-order valence-electron chi connectivity index (χ4n) is 4.09. The number of benzene rings is 1. The highest BCUT2D eigenvalue weighted by molar-refractivity contribution is 7.08. The third-order valence-corrected chi connectivity index (χ3v) is 6.46. The van der Waals surface area contributed by atoms with E-state index in [-0.39, 0.29) is 29.1 Å². The third kappa shape index (κ3) is 4.30. The molecule has 2 aliphatic rings. The van der Waals surface area contributed by atoms with E-state index >= 15 is 0 Å². The average Bonchev–Trinajstić information content (AvgIpc) is 3.47. The predicted octanol–water partition coefficient (Wildman–Crippen LogP) is 3.29. The van der Waals surface area contributed by atoms with Crippen LogP contribution in [0.1, 0.15) is 46.4 Å². The number of hydrogen-bond donors (Lipinski definition) is 1. The molecule has 3 heterocycles. The highest BCUT2D eigenvalue weighted by Gasteiger charge is 2.29. The number of carbonyl (C=O) groups is 2. The van der Waals surface area contributed by atoms with E-state index in [2.05, 4.69) is 10.2 Å². The molecule has 9 heteroatoms. The summed E-state index contributed by atoms with van der Waals surface area (Å²) < 4.78 is 0. The van der Waals surface area contributed by atoms with Crippen LogP contribution in [0.3, 0.4) is 0 Å². The summed E-state index contributed by atoms with van der Waals surface area (Å²) in [6.07, 6.45) is 3.43. The second kappa shape index (κ2) is 8.83. The summed E-state index contributed by atoms with van der Waals surface area (Å²) >= 11 is 1.50. The van der Waals surface area contributed by atoms with Crippen molar-refractivity contribution in [2.75, 3.05) is 31.1 Å². The molecule has 0 unspecified atom stereocenters. The topological polar surface area (TPSA) is 95.8 Å². The molecule has 2 aromatic rings. The second-order valence-corrected chi connectivity index (χ2v) is 8.48. The van der Waals surface area contributed by atoms with Crippen LogP contribution >= 0.6 is 11.3 Å². The molecule has 0 saturated carbocycles. The van der Waals surface area contributed by atoms with Gasteiger partial charge in [-0.05, 0) is 49.3 Å². The van der Waals surface area contributed by atoms with Crippen molar-refractivity contribution >= 4 is 34.5 Å². The van der Waals surface area contributed by atoms with E-state index in [1.807, 2.05) is 16.8 Å². The number of anilines is 1. The first-order valence-corrected chi connectivity index (χ1v) is 11.1. The van der Waals surface area contributed by atoms with Crippen molar-refractivity contribution in [3.8, 4) is 0 Å². The molecule has 1 N–H and O–H groups in total. The molecule has 30 heavy (non-hydrogen) atoms. The molecule has 0 radical (unpaired) electrons. The molecule has 1 aromatic heterocycles. The van der Waals surface area contributed by atoms with Gasteiger partial charge in [0, 0.05) is 54.9 Å². The molecule has 1 aromatic carbocycles. The number of nitro groups is 1. The molecule has 0 bridgehead atoms. The van der Waals surface area contributed by atoms with Gasteiger partial charge in [0.05, 0.1) is 4.92 Å². The summed E-state index contributed by atoms with van der Waals surface area (Å²) in [5, 5.41) is 18.2. The minimum Gasteiger partial charge on any atom is -0.371 e. The van der Waals surface area contributed by atoms with Gasteiger partial charge in [-0.15, -0.1) is 0 Å². The number of piperidine rings is 1. The van der Waals surface area contributed by atoms with E-state index in [0.717, 1.165) is 31.4 Å². The van der Waals surface area contributed by atoms with E-state index < -0.39 is 4.92 Å². The first kappa shape index (κ1) is 20.3. The zero-order chi connectivity index (χ0) is 21.1. The van der Waals surface area contributed by atoms with Gasteiger partial charge in [-0.3, -0.25) is 19.7 Å². The van der Waals surface area contributed by atoms with Gasteiger partial charge >= 0.3 is 0 Å². The molecule has 0 atom stereocenters. The summed E-state index contributed by atoms with van der Waals surface area (Å²) in [7, 11) is 0. The molecule has 158 valence electrons. The lowest BCUT2D eigenvalue weighted by atomic mass is 10.0. The van der Waals surface area contributed by atoms with Crippen molar-refractivity contribution in [3.05, 3.63) is 56.3 Å². The first-order chi connectivity index (χ1) is 14.5. The summed E-state index contributed by atoms with van der Waals surface area (Å²) in [6.45, 7) is 2.72. The Labute approximate surface area is 178 Å². The smallest absolute Gasteiger partial charge is 0.282 e. The van der Waals surface area contributed by atoms with Crippen LogP contribution in [0, 0.1) is 10.1 Å². The fourth-order valence-corrected chi connectivity index (χ4v) is 4.72. The Morgan fingerprint density at radius 2 is 1.83 bits per heavy atom. The zero-order valence-corrected chi connectivity index (χ0v) is 17.4. The van der Waals surface area contributed by atoms with Crippen LogP contribution < -0.4 is 10.2 Å². The lowest BCUT2D eigenvalue weighted by molar-refractivity contribution is -0.385. The Bertz CT molecular complexity index is 932. The minimum absolute atomic E-state index is 0.0523. The number of thiophene rings is 1. The van der Waals surface area contributed by atoms with Crippen molar-refractivity contribution in [1.82, 2.24) is 10.2 Å². The highest BCUT2D eigenvalue weighted by atomic mass is 32.1. The molecule has 8 nitrogen and oxygen atoms in total. The van der Waals surface area contributed by atoms with Gasteiger partial charge in [-0.1, -0.05) is 0 Å². The molecule has 2 saturated heterocycles. The largest absolute Gasteiger partial charge is 0.371 e. The van der Waals surface area contributed by atoms with E-state index in [1.54, 1.807) is 17.0 Å². The second-order valence-electron chi connectivity index (χ2n) is 7.70. The Morgan fingerprint density at radius 1 is 1.10 bits per heavy atom. The van der Waals surface area contributed by atoms with Crippen LogP contribution in [0.25, 0.3) is 0 Å². The van der Waals surface area contributed by atoms with E-state index in [0.29, 0.717) is 31.7 Å². The molecule has 0 aliphatic carbocycles. The number of nitrogens with one attached hydrogen (secondary N) is 1. The Hall–Kier alpha value is -2.94. The number of nitro benzene ring substituents is 1. The summed E-state index contributed by atoms with van der Waals surface area (Å²) in [6, 6.07) is 6.71. The number of rotatable bonds is 5. The third-order valence-electron chi connectivity index (χ3n) is 5.78. The van der Waals surface area contributed by atoms with E-state index in [9.17, 15) is 19.7 Å². The number of carbonyl (C=O) groups excluding carboxylic acids is 2. The Balaban J connectivity index is 1.44. The maximum absolute atomic E-state index is 12.8. The molecule has 2 amide bonds. The molecular weight excluding hydrogens is 404 g/mol. The van der Waals surface area contributed by atoms with Crippen LogP contribution in [0.4, 0.5) is 11.4 Å².